The van der Waals surface area contributed by atoms with E-state index in [2.05, 4.69) is 4.99 Å². The van der Waals surface area contributed by atoms with Gasteiger partial charge in [0.05, 0.1) is 12.1 Å². The molecule has 7 heteroatoms. The molecule has 152 valence electrons. The van der Waals surface area contributed by atoms with Crippen molar-refractivity contribution in [3.63, 3.8) is 0 Å². The molecule has 0 saturated carbocycles. The first-order valence-electron chi connectivity index (χ1n) is 9.38. The third-order valence-corrected chi connectivity index (χ3v) is 6.87. The maximum absolute atomic E-state index is 12.6. The van der Waals surface area contributed by atoms with Gasteiger partial charge in [-0.15, -0.1) is 0 Å². The van der Waals surface area contributed by atoms with E-state index in [9.17, 15) is 9.59 Å². The highest BCUT2D eigenvalue weighted by molar-refractivity contribution is 8.38. The molecule has 1 heterocycles. The second-order valence-electron chi connectivity index (χ2n) is 6.69. The Morgan fingerprint density at radius 3 is 2.59 bits per heavy atom. The highest BCUT2D eigenvalue weighted by Crippen LogP contribution is 2.26. The number of carbonyl (C=O) groups is 2. The lowest BCUT2D eigenvalue weighted by Crippen LogP contribution is -2.31. The summed E-state index contributed by atoms with van der Waals surface area (Å²) < 4.78 is 6.37. The van der Waals surface area contributed by atoms with Gasteiger partial charge < -0.3 is 9.64 Å². The number of hydrogen-bond donors (Lipinski definition) is 0. The average molecular weight is 429 g/mol. The van der Waals surface area contributed by atoms with Gasteiger partial charge in [0.1, 0.15) is 4.38 Å². The van der Waals surface area contributed by atoms with E-state index in [0.717, 1.165) is 33.4 Å². The lowest BCUT2D eigenvalue weighted by molar-refractivity contribution is -0.133. The van der Waals surface area contributed by atoms with Gasteiger partial charge in [0.25, 0.3) is 5.91 Å². The maximum atomic E-state index is 12.6. The molecule has 1 aliphatic rings. The van der Waals surface area contributed by atoms with E-state index in [-0.39, 0.29) is 12.5 Å². The number of rotatable bonds is 7. The molecule has 2 aromatic rings. The van der Waals surface area contributed by atoms with E-state index in [0.29, 0.717) is 17.9 Å². The van der Waals surface area contributed by atoms with Gasteiger partial charge in [0, 0.05) is 25.1 Å². The van der Waals surface area contributed by atoms with E-state index in [1.54, 1.807) is 47.6 Å². The van der Waals surface area contributed by atoms with Crippen molar-refractivity contribution in [2.24, 2.45) is 4.99 Å². The molecular formula is C22H24N2O3S2. The molecule has 0 bridgehead atoms. The first-order chi connectivity index (χ1) is 14.0. The van der Waals surface area contributed by atoms with Crippen molar-refractivity contribution in [1.82, 2.24) is 4.90 Å². The van der Waals surface area contributed by atoms with Crippen LogP contribution >= 0.6 is 23.5 Å². The molecule has 0 N–H and O–H groups in total. The predicted octanol–water partition coefficient (Wildman–Crippen LogP) is 4.15. The van der Waals surface area contributed by atoms with Crippen LogP contribution in [0.25, 0.3) is 0 Å². The summed E-state index contributed by atoms with van der Waals surface area (Å²) in [6, 6.07) is 15.3. The molecule has 5 nitrogen and oxygen atoms in total. The van der Waals surface area contributed by atoms with Gasteiger partial charge in [-0.3, -0.25) is 9.79 Å². The fraction of sp³-hybridized carbons (Fsp3) is 0.318. The molecule has 0 spiro atoms. The Morgan fingerprint density at radius 1 is 1.14 bits per heavy atom. The minimum atomic E-state index is -0.472. The van der Waals surface area contributed by atoms with Crippen LogP contribution in [0.1, 0.15) is 27.0 Å². The fourth-order valence-corrected chi connectivity index (χ4v) is 4.85. The Hall–Kier alpha value is -2.25. The zero-order valence-corrected chi connectivity index (χ0v) is 18.2. The van der Waals surface area contributed by atoms with E-state index in [4.69, 9.17) is 4.74 Å². The summed E-state index contributed by atoms with van der Waals surface area (Å²) >= 11 is 3.37. The minimum absolute atomic E-state index is 0.231. The van der Waals surface area contributed by atoms with Crippen LogP contribution in [0.2, 0.25) is 0 Å². The summed E-state index contributed by atoms with van der Waals surface area (Å²) in [6.45, 7) is 3.08. The molecule has 1 amide bonds. The summed E-state index contributed by atoms with van der Waals surface area (Å²) in [5, 5.41) is 0. The van der Waals surface area contributed by atoms with Gasteiger partial charge in [-0.2, -0.15) is 0 Å². The minimum Gasteiger partial charge on any atom is -0.452 e. The monoisotopic (exact) mass is 428 g/mol. The number of nitrogens with zero attached hydrogens (tertiary/aromatic N) is 2. The Kier molecular flexibility index (Phi) is 7.77. The highest BCUT2D eigenvalue weighted by atomic mass is 32.2. The van der Waals surface area contributed by atoms with Crippen LogP contribution < -0.4 is 0 Å². The molecular weight excluding hydrogens is 404 g/mol. The standard InChI is InChI=1S/C22H24N2O3S2/c1-16-7-3-4-8-17(16)13-24(2)20(25)14-27-21(26)19-10-6-5-9-18(19)15-29-22-23-11-12-28-22/h3-10H,11-15H2,1-2H3. The predicted molar refractivity (Wildman–Crippen MR) is 120 cm³/mol. The number of aryl methyl sites for hydroxylation is 1. The Morgan fingerprint density at radius 2 is 1.86 bits per heavy atom. The molecule has 1 aliphatic heterocycles. The van der Waals surface area contributed by atoms with Gasteiger partial charge in [0.15, 0.2) is 6.61 Å². The number of ether oxygens (including phenoxy) is 1. The molecule has 0 atom stereocenters. The first-order valence-corrected chi connectivity index (χ1v) is 11.4. The summed E-state index contributed by atoms with van der Waals surface area (Å²) in [6.07, 6.45) is 0. The number of aliphatic imine (C=N–C) groups is 1. The molecule has 0 saturated heterocycles. The van der Waals surface area contributed by atoms with Crippen molar-refractivity contribution >= 4 is 39.8 Å². The van der Waals surface area contributed by atoms with Crippen molar-refractivity contribution in [2.75, 3.05) is 26.0 Å². The second kappa shape index (κ2) is 10.5. The Balaban J connectivity index is 1.54. The first kappa shape index (κ1) is 21.5. The lowest BCUT2D eigenvalue weighted by Gasteiger charge is -2.18. The molecule has 3 rings (SSSR count). The van der Waals surface area contributed by atoms with Crippen molar-refractivity contribution in [3.05, 3.63) is 70.8 Å². The van der Waals surface area contributed by atoms with E-state index >= 15 is 0 Å². The third-order valence-electron chi connectivity index (χ3n) is 4.57. The Labute approximate surface area is 179 Å². The van der Waals surface area contributed by atoms with Crippen LogP contribution in [0.3, 0.4) is 0 Å². The van der Waals surface area contributed by atoms with Crippen LogP contribution in [0.5, 0.6) is 0 Å². The topological polar surface area (TPSA) is 59.0 Å². The van der Waals surface area contributed by atoms with Crippen LogP contribution in [0, 0.1) is 6.92 Å². The second-order valence-corrected chi connectivity index (χ2v) is 9.00. The fourth-order valence-electron chi connectivity index (χ4n) is 2.83. The summed E-state index contributed by atoms with van der Waals surface area (Å²) in [4.78, 5) is 31.0. The number of carbonyl (C=O) groups excluding carboxylic acids is 2. The smallest absolute Gasteiger partial charge is 0.338 e. The van der Waals surface area contributed by atoms with Crippen molar-refractivity contribution < 1.29 is 14.3 Å². The molecule has 0 radical (unpaired) electrons. The average Bonchev–Trinajstić information content (AvgIpc) is 3.25. The molecule has 0 unspecified atom stereocenters. The molecule has 0 fully saturated rings. The zero-order chi connectivity index (χ0) is 20.6. The van der Waals surface area contributed by atoms with E-state index < -0.39 is 5.97 Å². The SMILES string of the molecule is Cc1ccccc1CN(C)C(=O)COC(=O)c1ccccc1CSC1=NCCS1. The van der Waals surface area contributed by atoms with Crippen LogP contribution in [-0.2, 0) is 21.8 Å². The largest absolute Gasteiger partial charge is 0.452 e. The van der Waals surface area contributed by atoms with Crippen molar-refractivity contribution in [1.29, 1.82) is 0 Å². The molecule has 2 aromatic carbocycles. The summed E-state index contributed by atoms with van der Waals surface area (Å²) in [5.41, 5.74) is 3.58. The van der Waals surface area contributed by atoms with Gasteiger partial charge in [-0.05, 0) is 29.7 Å². The van der Waals surface area contributed by atoms with Crippen molar-refractivity contribution in [2.45, 2.75) is 19.2 Å². The molecule has 0 aliphatic carbocycles. The summed E-state index contributed by atoms with van der Waals surface area (Å²) in [7, 11) is 1.72. The maximum Gasteiger partial charge on any atom is 0.338 e. The number of hydrogen-bond acceptors (Lipinski definition) is 6. The number of likely N-dealkylation sites (N-methyl/N-ethyl adjacent to an activating group) is 1. The highest BCUT2D eigenvalue weighted by Gasteiger charge is 2.17. The molecule has 29 heavy (non-hydrogen) atoms. The normalized spacial score (nSPS) is 13.1. The number of benzene rings is 2. The zero-order valence-electron chi connectivity index (χ0n) is 16.6. The van der Waals surface area contributed by atoms with Crippen LogP contribution in [0.15, 0.2) is 53.5 Å². The van der Waals surface area contributed by atoms with Gasteiger partial charge in [-0.1, -0.05) is 66.0 Å². The quantitative estimate of drug-likeness (QED) is 0.620. The van der Waals surface area contributed by atoms with Crippen molar-refractivity contribution in [3.8, 4) is 0 Å². The van der Waals surface area contributed by atoms with Crippen LogP contribution in [-0.4, -0.2) is 47.1 Å². The van der Waals surface area contributed by atoms with E-state index in [1.165, 1.54) is 0 Å². The van der Waals surface area contributed by atoms with Gasteiger partial charge in [-0.25, -0.2) is 4.79 Å². The number of amides is 1. The molecule has 0 aromatic heterocycles. The van der Waals surface area contributed by atoms with Gasteiger partial charge in [0.2, 0.25) is 0 Å². The number of thioether (sulfide) groups is 2. The van der Waals surface area contributed by atoms with Crippen LogP contribution in [0.4, 0.5) is 0 Å². The van der Waals surface area contributed by atoms with Gasteiger partial charge >= 0.3 is 5.97 Å². The lowest BCUT2D eigenvalue weighted by atomic mass is 10.1. The third kappa shape index (κ3) is 6.11. The number of esters is 1. The summed E-state index contributed by atoms with van der Waals surface area (Å²) in [5.74, 6) is 0.965. The van der Waals surface area contributed by atoms with E-state index in [1.807, 2.05) is 43.3 Å². The Bertz CT molecular complexity index is 914.